The zero-order chi connectivity index (χ0) is 20.8. The van der Waals surface area contributed by atoms with Crippen molar-refractivity contribution in [3.8, 4) is 11.9 Å². The number of hydrogen-bond donors (Lipinski definition) is 1. The first-order valence-electron chi connectivity index (χ1n) is 10.7. The van der Waals surface area contributed by atoms with Gasteiger partial charge in [0, 0.05) is 31.5 Å². The van der Waals surface area contributed by atoms with E-state index in [1.165, 1.54) is 6.20 Å². The Morgan fingerprint density at radius 3 is 2.47 bits per heavy atom. The Morgan fingerprint density at radius 1 is 1.10 bits per heavy atom. The Labute approximate surface area is 177 Å². The van der Waals surface area contributed by atoms with Gasteiger partial charge in [0.1, 0.15) is 12.2 Å². The largest absolute Gasteiger partial charge is 0.474 e. The first kappa shape index (κ1) is 20.4. The third-order valence-electron chi connectivity index (χ3n) is 6.27. The second kappa shape index (κ2) is 9.27. The highest BCUT2D eigenvalue weighted by Crippen LogP contribution is 2.36. The van der Waals surface area contributed by atoms with Gasteiger partial charge in [-0.05, 0) is 50.2 Å². The van der Waals surface area contributed by atoms with Gasteiger partial charge in [-0.2, -0.15) is 5.26 Å². The van der Waals surface area contributed by atoms with E-state index in [2.05, 4.69) is 28.5 Å². The number of hydrogen-bond acceptors (Lipinski definition) is 5. The maximum Gasteiger partial charge on any atom is 0.231 e. The van der Waals surface area contributed by atoms with Gasteiger partial charge >= 0.3 is 0 Å². The molecule has 30 heavy (non-hydrogen) atoms. The molecule has 0 bridgehead atoms. The van der Waals surface area contributed by atoms with Crippen LogP contribution in [0.1, 0.15) is 49.7 Å². The number of amides is 1. The molecule has 1 aromatic carbocycles. The molecule has 1 aliphatic heterocycles. The van der Waals surface area contributed by atoms with Gasteiger partial charge in [-0.3, -0.25) is 4.79 Å². The molecule has 0 radical (unpaired) electrons. The molecule has 2 heterocycles. The Bertz CT molecular complexity index is 878. The maximum atomic E-state index is 13.4. The van der Waals surface area contributed by atoms with Crippen molar-refractivity contribution in [1.82, 2.24) is 10.3 Å². The summed E-state index contributed by atoms with van der Waals surface area (Å²) >= 11 is 0. The molecule has 156 valence electrons. The average molecular weight is 405 g/mol. The Morgan fingerprint density at radius 2 is 1.83 bits per heavy atom. The molecule has 2 fully saturated rings. The summed E-state index contributed by atoms with van der Waals surface area (Å²) in [6.07, 6.45) is 6.55. The minimum absolute atomic E-state index is 0.0877. The summed E-state index contributed by atoms with van der Waals surface area (Å²) in [6.45, 7) is 1.22. The number of carbonyl (C=O) groups is 1. The molecule has 1 saturated carbocycles. The number of carbonyl (C=O) groups excluding carboxylic acids is 1. The van der Waals surface area contributed by atoms with Crippen molar-refractivity contribution < 1.29 is 14.3 Å². The molecule has 2 aliphatic rings. The number of nitrogens with one attached hydrogen (secondary N) is 1. The monoisotopic (exact) mass is 405 g/mol. The maximum absolute atomic E-state index is 13.4. The summed E-state index contributed by atoms with van der Waals surface area (Å²) in [6, 6.07) is 15.8. The highest BCUT2D eigenvalue weighted by atomic mass is 16.5. The summed E-state index contributed by atoms with van der Waals surface area (Å²) in [5.41, 5.74) is 1.10. The Hall–Kier alpha value is -2.91. The van der Waals surface area contributed by atoms with Crippen LogP contribution in [0.25, 0.3) is 0 Å². The van der Waals surface area contributed by atoms with Crippen LogP contribution in [0.5, 0.6) is 5.88 Å². The van der Waals surface area contributed by atoms with Crippen molar-refractivity contribution in [1.29, 1.82) is 5.26 Å². The third kappa shape index (κ3) is 4.47. The van der Waals surface area contributed by atoms with Gasteiger partial charge in [-0.1, -0.05) is 30.3 Å². The van der Waals surface area contributed by atoms with Gasteiger partial charge in [0.15, 0.2) is 0 Å². The zero-order valence-electron chi connectivity index (χ0n) is 17.0. The number of nitrogens with zero attached hydrogens (tertiary/aromatic N) is 2. The van der Waals surface area contributed by atoms with Gasteiger partial charge in [0.05, 0.1) is 11.0 Å². The minimum atomic E-state index is -0.501. The molecule has 0 atom stereocenters. The van der Waals surface area contributed by atoms with Crippen LogP contribution in [-0.2, 0) is 14.9 Å². The fourth-order valence-corrected chi connectivity index (χ4v) is 4.46. The summed E-state index contributed by atoms with van der Waals surface area (Å²) in [4.78, 5) is 17.6. The predicted molar refractivity (Wildman–Crippen MR) is 112 cm³/mol. The predicted octanol–water partition coefficient (Wildman–Crippen LogP) is 3.51. The van der Waals surface area contributed by atoms with Crippen molar-refractivity contribution in [3.63, 3.8) is 0 Å². The molecular weight excluding hydrogens is 378 g/mol. The summed E-state index contributed by atoms with van der Waals surface area (Å²) in [5.74, 6) is 0.668. The Balaban J connectivity index is 1.34. The van der Waals surface area contributed by atoms with Crippen LogP contribution in [-0.4, -0.2) is 36.3 Å². The second-order valence-electron chi connectivity index (χ2n) is 8.12. The molecule has 1 saturated heterocycles. The van der Waals surface area contributed by atoms with E-state index in [-0.39, 0.29) is 18.1 Å². The number of ether oxygens (including phenoxy) is 2. The van der Waals surface area contributed by atoms with Crippen LogP contribution in [0, 0.1) is 11.3 Å². The number of rotatable bonds is 5. The summed E-state index contributed by atoms with van der Waals surface area (Å²) in [7, 11) is 0. The summed E-state index contributed by atoms with van der Waals surface area (Å²) in [5, 5.41) is 12.2. The van der Waals surface area contributed by atoms with E-state index >= 15 is 0 Å². The molecule has 1 N–H and O–H groups in total. The number of aromatic nitrogens is 1. The molecule has 0 spiro atoms. The third-order valence-corrected chi connectivity index (χ3v) is 6.27. The van der Waals surface area contributed by atoms with Gasteiger partial charge in [-0.15, -0.1) is 0 Å². The van der Waals surface area contributed by atoms with Gasteiger partial charge < -0.3 is 14.8 Å². The smallest absolute Gasteiger partial charge is 0.231 e. The van der Waals surface area contributed by atoms with Crippen molar-refractivity contribution in [2.45, 2.75) is 56.1 Å². The first-order valence-corrected chi connectivity index (χ1v) is 10.7. The average Bonchev–Trinajstić information content (AvgIpc) is 2.82. The fraction of sp³-hybridized carbons (Fsp3) is 0.458. The lowest BCUT2D eigenvalue weighted by atomic mass is 9.73. The zero-order valence-corrected chi connectivity index (χ0v) is 17.0. The van der Waals surface area contributed by atoms with E-state index in [0.29, 0.717) is 37.5 Å². The quantitative estimate of drug-likeness (QED) is 0.823. The number of benzene rings is 1. The number of nitriles is 1. The van der Waals surface area contributed by atoms with E-state index in [1.807, 2.05) is 18.2 Å². The van der Waals surface area contributed by atoms with Gasteiger partial charge in [0.25, 0.3) is 0 Å². The first-order chi connectivity index (χ1) is 14.7. The molecule has 1 aliphatic carbocycles. The number of pyridine rings is 1. The fourth-order valence-electron chi connectivity index (χ4n) is 4.46. The SMILES string of the molecule is N#Cc1ccc(OC2CCC(NC(=O)C3(c4ccccc4)CCOCC3)CC2)nc1. The van der Waals surface area contributed by atoms with E-state index in [9.17, 15) is 4.79 Å². The van der Waals surface area contributed by atoms with Crippen LogP contribution in [0.4, 0.5) is 0 Å². The van der Waals surface area contributed by atoms with Crippen LogP contribution >= 0.6 is 0 Å². The van der Waals surface area contributed by atoms with Crippen molar-refractivity contribution in [2.24, 2.45) is 0 Å². The molecule has 4 rings (SSSR count). The standard InChI is InChI=1S/C24H27N3O3/c25-16-18-6-11-22(26-17-18)30-21-9-7-20(8-10-21)27-23(28)24(12-14-29-15-13-24)19-4-2-1-3-5-19/h1-6,11,17,20-21H,7-10,12-15H2,(H,27,28). The molecule has 2 aromatic rings. The van der Waals surface area contributed by atoms with Crippen LogP contribution in [0.3, 0.4) is 0 Å². The van der Waals surface area contributed by atoms with Gasteiger partial charge in [0.2, 0.25) is 11.8 Å². The van der Waals surface area contributed by atoms with Crippen molar-refractivity contribution >= 4 is 5.91 Å². The highest BCUT2D eigenvalue weighted by Gasteiger charge is 2.42. The van der Waals surface area contributed by atoms with E-state index in [4.69, 9.17) is 14.7 Å². The van der Waals surface area contributed by atoms with E-state index in [0.717, 1.165) is 31.2 Å². The lowest BCUT2D eigenvalue weighted by molar-refractivity contribution is -0.131. The minimum Gasteiger partial charge on any atom is -0.474 e. The second-order valence-corrected chi connectivity index (χ2v) is 8.12. The van der Waals surface area contributed by atoms with Crippen LogP contribution in [0.2, 0.25) is 0 Å². The van der Waals surface area contributed by atoms with Crippen molar-refractivity contribution in [2.75, 3.05) is 13.2 Å². The normalized spacial score (nSPS) is 23.2. The van der Waals surface area contributed by atoms with Crippen LogP contribution in [0.15, 0.2) is 48.7 Å². The lowest BCUT2D eigenvalue weighted by Crippen LogP contribution is -2.52. The molecule has 6 nitrogen and oxygen atoms in total. The molecule has 0 unspecified atom stereocenters. The summed E-state index contributed by atoms with van der Waals surface area (Å²) < 4.78 is 11.5. The van der Waals surface area contributed by atoms with Gasteiger partial charge in [-0.25, -0.2) is 4.98 Å². The molecule has 6 heteroatoms. The molecular formula is C24H27N3O3. The molecule has 1 aromatic heterocycles. The van der Waals surface area contributed by atoms with Crippen molar-refractivity contribution in [3.05, 3.63) is 59.8 Å². The highest BCUT2D eigenvalue weighted by molar-refractivity contribution is 5.88. The topological polar surface area (TPSA) is 84.2 Å². The van der Waals surface area contributed by atoms with E-state index in [1.54, 1.807) is 12.1 Å². The van der Waals surface area contributed by atoms with E-state index < -0.39 is 5.41 Å². The lowest BCUT2D eigenvalue weighted by Gasteiger charge is -2.38. The molecule has 1 amide bonds. The Kier molecular flexibility index (Phi) is 6.29. The van der Waals surface area contributed by atoms with Crippen LogP contribution < -0.4 is 10.1 Å².